The normalized spacial score (nSPS) is 11.8. The number of carbonyl (C=O) groups is 2. The maximum absolute atomic E-state index is 11.1. The van der Waals surface area contributed by atoms with Gasteiger partial charge in [-0.3, -0.25) is 14.8 Å². The molecule has 274 valence electrons. The van der Waals surface area contributed by atoms with Crippen LogP contribution in [0.1, 0.15) is 68.7 Å². The number of aliphatic imine (C=N–C) groups is 2. The molecule has 0 aromatic heterocycles. The molecular formula is C43H46N4O6. The van der Waals surface area contributed by atoms with Gasteiger partial charge in [0.25, 0.3) is 0 Å². The predicted octanol–water partition coefficient (Wildman–Crippen LogP) is 9.03. The van der Waals surface area contributed by atoms with E-state index in [0.29, 0.717) is 26.4 Å². The van der Waals surface area contributed by atoms with E-state index in [2.05, 4.69) is 26.8 Å². The Bertz CT molecular complexity index is 1880. The summed E-state index contributed by atoms with van der Waals surface area (Å²) in [7, 11) is 0. The van der Waals surface area contributed by atoms with Crippen LogP contribution in [0.15, 0.2) is 130 Å². The maximum Gasteiger partial charge on any atom is 0.330 e. The fourth-order valence-electron chi connectivity index (χ4n) is 4.68. The zero-order valence-corrected chi connectivity index (χ0v) is 30.6. The van der Waals surface area contributed by atoms with Crippen molar-refractivity contribution in [1.82, 2.24) is 0 Å². The second kappa shape index (κ2) is 21.9. The minimum atomic E-state index is -0.406. The largest absolute Gasteiger partial charge is 0.494 e. The Balaban J connectivity index is 1.20. The van der Waals surface area contributed by atoms with E-state index < -0.39 is 5.97 Å². The molecule has 0 bridgehead atoms. The van der Waals surface area contributed by atoms with Crippen molar-refractivity contribution >= 4 is 47.2 Å². The molecule has 0 N–H and O–H groups in total. The Morgan fingerprint density at radius 3 is 1.34 bits per heavy atom. The van der Waals surface area contributed by atoms with Gasteiger partial charge in [0.2, 0.25) is 0 Å². The summed E-state index contributed by atoms with van der Waals surface area (Å²) in [5, 5.41) is 8.93. The monoisotopic (exact) mass is 714 g/mol. The summed E-state index contributed by atoms with van der Waals surface area (Å²) in [5.41, 5.74) is 7.09. The molecule has 53 heavy (non-hydrogen) atoms. The van der Waals surface area contributed by atoms with Crippen molar-refractivity contribution in [3.63, 3.8) is 0 Å². The lowest BCUT2D eigenvalue weighted by molar-refractivity contribution is -0.141. The topological polar surface area (TPSA) is 120 Å². The van der Waals surface area contributed by atoms with Crippen LogP contribution < -0.4 is 9.47 Å². The molecule has 0 spiro atoms. The van der Waals surface area contributed by atoms with Gasteiger partial charge >= 0.3 is 11.9 Å². The smallest absolute Gasteiger partial charge is 0.330 e. The molecular weight excluding hydrogens is 668 g/mol. The summed E-state index contributed by atoms with van der Waals surface area (Å²) < 4.78 is 21.4. The molecule has 10 heteroatoms. The molecule has 0 saturated heterocycles. The SMILES string of the molecule is C=CC(=O)OCCCCOc1ccc(/C=N/c2ccc(/C(C)=N/N=C(\C)c3ccc(/N=C/c4ccc(OCCCCOC(C)=O)cc4)cc3)cc2)cc1. The fourth-order valence-corrected chi connectivity index (χ4v) is 4.68. The summed E-state index contributed by atoms with van der Waals surface area (Å²) in [5.74, 6) is 0.899. The molecule has 10 nitrogen and oxygen atoms in total. The van der Waals surface area contributed by atoms with E-state index >= 15 is 0 Å². The molecule has 4 aromatic carbocycles. The number of unbranched alkanes of at least 4 members (excludes halogenated alkanes) is 2. The highest BCUT2D eigenvalue weighted by Crippen LogP contribution is 2.18. The van der Waals surface area contributed by atoms with Crippen LogP contribution in [0, 0.1) is 0 Å². The van der Waals surface area contributed by atoms with Crippen molar-refractivity contribution in [2.24, 2.45) is 20.2 Å². The van der Waals surface area contributed by atoms with Crippen LogP contribution in [-0.2, 0) is 19.1 Å². The summed E-state index contributed by atoms with van der Waals surface area (Å²) in [6.07, 6.45) is 7.88. The molecule has 0 aliphatic rings. The van der Waals surface area contributed by atoms with Crippen LogP contribution >= 0.6 is 0 Å². The van der Waals surface area contributed by atoms with Crippen LogP contribution in [0.4, 0.5) is 11.4 Å². The fraction of sp³-hybridized carbons (Fsp3) is 0.256. The summed E-state index contributed by atoms with van der Waals surface area (Å²) in [4.78, 5) is 31.0. The zero-order valence-electron chi connectivity index (χ0n) is 30.6. The number of ether oxygens (including phenoxy) is 4. The first-order chi connectivity index (χ1) is 25.8. The van der Waals surface area contributed by atoms with Crippen molar-refractivity contribution in [3.8, 4) is 11.5 Å². The summed E-state index contributed by atoms with van der Waals surface area (Å²) in [6.45, 7) is 10.5. The number of esters is 2. The first-order valence-corrected chi connectivity index (χ1v) is 17.6. The Morgan fingerprint density at radius 1 is 0.547 bits per heavy atom. The molecule has 0 aliphatic heterocycles. The van der Waals surface area contributed by atoms with Gasteiger partial charge in [-0.25, -0.2) is 4.79 Å². The van der Waals surface area contributed by atoms with Gasteiger partial charge in [0.15, 0.2) is 0 Å². The van der Waals surface area contributed by atoms with Gasteiger partial charge in [0.05, 0.1) is 49.2 Å². The third-order valence-electron chi connectivity index (χ3n) is 7.74. The van der Waals surface area contributed by atoms with Crippen LogP contribution in [0.5, 0.6) is 11.5 Å². The third kappa shape index (κ3) is 14.9. The standard InChI is InChI=1S/C43H46N4O6/c1-5-43(49)53-29-9-8-28-52-42-24-12-36(13-25-42)31-45-40-20-16-38(17-21-40)33(3)47-46-32(2)37-14-18-39(19-15-37)44-30-35-10-22-41(23-11-35)51-27-7-6-26-50-34(4)48/h5,10-25,30-31H,1,6-9,26-29H2,2-4H3/b44-30+,45-31+,46-32+,47-33+. The van der Waals surface area contributed by atoms with Crippen molar-refractivity contribution in [2.75, 3.05) is 26.4 Å². The van der Waals surface area contributed by atoms with Gasteiger partial charge in [0.1, 0.15) is 11.5 Å². The first-order valence-electron chi connectivity index (χ1n) is 17.6. The summed E-state index contributed by atoms with van der Waals surface area (Å²) in [6, 6.07) is 31.2. The quantitative estimate of drug-likeness (QED) is 0.0296. The average molecular weight is 715 g/mol. The van der Waals surface area contributed by atoms with Crippen LogP contribution in [-0.4, -0.2) is 62.2 Å². The molecule has 0 unspecified atom stereocenters. The lowest BCUT2D eigenvalue weighted by atomic mass is 10.1. The van der Waals surface area contributed by atoms with Gasteiger partial charge in [0, 0.05) is 25.4 Å². The molecule has 4 rings (SSSR count). The second-order valence-electron chi connectivity index (χ2n) is 11.9. The molecule has 0 heterocycles. The highest BCUT2D eigenvalue weighted by atomic mass is 16.5. The molecule has 0 radical (unpaired) electrons. The van der Waals surface area contributed by atoms with Crippen LogP contribution in [0.2, 0.25) is 0 Å². The Kier molecular flexibility index (Phi) is 16.4. The number of benzene rings is 4. The number of hydrogen-bond acceptors (Lipinski definition) is 10. The van der Waals surface area contributed by atoms with E-state index in [1.165, 1.54) is 6.92 Å². The molecule has 0 aliphatic carbocycles. The number of hydrogen-bond donors (Lipinski definition) is 0. The first kappa shape index (κ1) is 39.6. The Labute approximate surface area is 311 Å². The molecule has 0 amide bonds. The second-order valence-corrected chi connectivity index (χ2v) is 11.9. The van der Waals surface area contributed by atoms with Gasteiger partial charge in [-0.15, -0.1) is 0 Å². The van der Waals surface area contributed by atoms with Crippen LogP contribution in [0.25, 0.3) is 0 Å². The van der Waals surface area contributed by atoms with E-state index in [1.807, 2.05) is 123 Å². The van der Waals surface area contributed by atoms with Crippen molar-refractivity contribution in [2.45, 2.75) is 46.5 Å². The van der Waals surface area contributed by atoms with E-state index in [0.717, 1.165) is 88.3 Å². The van der Waals surface area contributed by atoms with E-state index in [9.17, 15) is 9.59 Å². The third-order valence-corrected chi connectivity index (χ3v) is 7.74. The lowest BCUT2D eigenvalue weighted by Crippen LogP contribution is -2.04. The average Bonchev–Trinajstić information content (AvgIpc) is 3.18. The highest BCUT2D eigenvalue weighted by molar-refractivity contribution is 6.02. The van der Waals surface area contributed by atoms with Crippen molar-refractivity contribution < 1.29 is 28.5 Å². The molecule has 4 aromatic rings. The summed E-state index contributed by atoms with van der Waals surface area (Å²) >= 11 is 0. The van der Waals surface area contributed by atoms with E-state index in [4.69, 9.17) is 18.9 Å². The zero-order chi connectivity index (χ0) is 37.7. The molecule has 0 atom stereocenters. The predicted molar refractivity (Wildman–Crippen MR) is 212 cm³/mol. The molecule has 0 saturated carbocycles. The van der Waals surface area contributed by atoms with Gasteiger partial charge < -0.3 is 18.9 Å². The maximum atomic E-state index is 11.1. The van der Waals surface area contributed by atoms with E-state index in [-0.39, 0.29) is 5.97 Å². The van der Waals surface area contributed by atoms with E-state index in [1.54, 1.807) is 0 Å². The number of rotatable bonds is 20. The number of nitrogens with zero attached hydrogens (tertiary/aromatic N) is 4. The van der Waals surface area contributed by atoms with Crippen LogP contribution in [0.3, 0.4) is 0 Å². The number of carbonyl (C=O) groups excluding carboxylic acids is 2. The Morgan fingerprint density at radius 2 is 0.943 bits per heavy atom. The minimum absolute atomic E-state index is 0.258. The van der Waals surface area contributed by atoms with Crippen molar-refractivity contribution in [1.29, 1.82) is 0 Å². The van der Waals surface area contributed by atoms with Gasteiger partial charge in [-0.1, -0.05) is 30.8 Å². The van der Waals surface area contributed by atoms with Gasteiger partial charge in [-0.05, 0) is 135 Å². The van der Waals surface area contributed by atoms with Gasteiger partial charge in [-0.2, -0.15) is 10.2 Å². The molecule has 0 fully saturated rings. The highest BCUT2D eigenvalue weighted by Gasteiger charge is 2.02. The lowest BCUT2D eigenvalue weighted by Gasteiger charge is -2.06. The Hall–Kier alpha value is -6.16. The minimum Gasteiger partial charge on any atom is -0.494 e. The van der Waals surface area contributed by atoms with Crippen molar-refractivity contribution in [3.05, 3.63) is 132 Å².